The van der Waals surface area contributed by atoms with E-state index in [9.17, 15) is 9.59 Å². The highest BCUT2D eigenvalue weighted by Crippen LogP contribution is 2.71. The highest BCUT2D eigenvalue weighted by Gasteiger charge is 2.75. The number of hydrogen-bond donors (Lipinski definition) is 1. The van der Waals surface area contributed by atoms with E-state index in [1.54, 1.807) is 23.1 Å². The van der Waals surface area contributed by atoms with Gasteiger partial charge < -0.3 is 5.32 Å². The van der Waals surface area contributed by atoms with Crippen LogP contribution < -0.4 is 5.32 Å². The minimum atomic E-state index is -0.0976. The molecule has 4 aliphatic carbocycles. The van der Waals surface area contributed by atoms with Gasteiger partial charge in [-0.25, -0.2) is 4.98 Å². The molecular formula is C22H22N2O2S2. The van der Waals surface area contributed by atoms with Crippen molar-refractivity contribution in [3.63, 3.8) is 0 Å². The lowest BCUT2D eigenvalue weighted by atomic mass is 9.96. The largest absolute Gasteiger partial charge is 0.326 e. The van der Waals surface area contributed by atoms with Crippen molar-refractivity contribution in [2.75, 3.05) is 11.1 Å². The molecule has 2 aromatic rings. The van der Waals surface area contributed by atoms with Gasteiger partial charge in [-0.1, -0.05) is 18.7 Å². The number of hydrogen-bond acceptors (Lipinski definition) is 5. The average molecular weight is 411 g/mol. The zero-order valence-corrected chi connectivity index (χ0v) is 17.4. The smallest absolute Gasteiger partial charge is 0.228 e. The molecular weight excluding hydrogens is 388 g/mol. The fourth-order valence-electron chi connectivity index (χ4n) is 4.96. The second-order valence-corrected chi connectivity index (χ2v) is 10.3. The van der Waals surface area contributed by atoms with Crippen molar-refractivity contribution < 1.29 is 9.59 Å². The van der Waals surface area contributed by atoms with Crippen molar-refractivity contribution in [2.24, 2.45) is 29.6 Å². The summed E-state index contributed by atoms with van der Waals surface area (Å²) in [5.41, 5.74) is 1.76. The number of unbranched alkanes of at least 4 members (excludes halogenated alkanes) is 1. The summed E-state index contributed by atoms with van der Waals surface area (Å²) in [6.07, 6.45) is 3.89. The van der Waals surface area contributed by atoms with Crippen LogP contribution in [-0.2, 0) is 9.59 Å². The number of thioether (sulfide) groups is 1. The van der Waals surface area contributed by atoms with Gasteiger partial charge in [0.05, 0.1) is 16.1 Å². The summed E-state index contributed by atoms with van der Waals surface area (Å²) >= 11 is 3.39. The van der Waals surface area contributed by atoms with Crippen molar-refractivity contribution in [3.8, 4) is 11.8 Å². The monoisotopic (exact) mass is 410 g/mol. The Morgan fingerprint density at radius 1 is 1.36 bits per heavy atom. The standard InChI is InChI=1S/C22H22N2O2S2/c1-2-3-4-5-6-9-27-22-24-15-8-7-12(10-16(15)28-22)23-21(26)19-14-11-13-17(19)18(13)20(14)25/h7-8,10,13-14,17-19H,2-3,6,9,11H2,1H3,(H,23,26). The average Bonchev–Trinajstić information content (AvgIpc) is 3.04. The molecule has 6 heteroatoms. The van der Waals surface area contributed by atoms with E-state index < -0.39 is 0 Å². The van der Waals surface area contributed by atoms with Crippen LogP contribution >= 0.6 is 23.1 Å². The number of thiazole rings is 1. The Morgan fingerprint density at radius 3 is 2.93 bits per heavy atom. The molecule has 1 heterocycles. The summed E-state index contributed by atoms with van der Waals surface area (Å²) in [5, 5.41) is 3.05. The number of Topliss-reactive ketones (excluding diaryl/α,β-unsaturated/α-hetero) is 1. The zero-order valence-electron chi connectivity index (χ0n) is 15.7. The molecule has 4 saturated carbocycles. The summed E-state index contributed by atoms with van der Waals surface area (Å²) in [4.78, 5) is 29.5. The lowest BCUT2D eigenvalue weighted by Gasteiger charge is -2.13. The minimum absolute atomic E-state index is 0.0180. The molecule has 0 spiro atoms. The molecule has 4 aliphatic rings. The predicted molar refractivity (Wildman–Crippen MR) is 113 cm³/mol. The van der Waals surface area contributed by atoms with E-state index in [1.165, 1.54) is 0 Å². The minimum Gasteiger partial charge on any atom is -0.326 e. The van der Waals surface area contributed by atoms with Gasteiger partial charge in [0.15, 0.2) is 4.34 Å². The van der Waals surface area contributed by atoms with Crippen molar-refractivity contribution in [1.29, 1.82) is 0 Å². The van der Waals surface area contributed by atoms with E-state index in [0.29, 0.717) is 17.6 Å². The Kier molecular flexibility index (Phi) is 4.68. The normalized spacial score (nSPS) is 29.0. The number of fused-ring (bicyclic) bond motifs is 1. The number of nitrogens with one attached hydrogen (secondary N) is 1. The topological polar surface area (TPSA) is 59.1 Å². The maximum absolute atomic E-state index is 12.7. The Balaban J connectivity index is 1.21. The molecule has 1 aromatic carbocycles. The quantitative estimate of drug-likeness (QED) is 0.429. The number of anilines is 1. The molecule has 0 aliphatic heterocycles. The summed E-state index contributed by atoms with van der Waals surface area (Å²) in [5.74, 6) is 8.60. The number of ketones is 1. The first-order chi connectivity index (χ1) is 13.7. The number of carbonyl (C=O) groups excluding carboxylic acids is 2. The molecule has 4 bridgehead atoms. The van der Waals surface area contributed by atoms with Gasteiger partial charge in [0.1, 0.15) is 5.78 Å². The summed E-state index contributed by atoms with van der Waals surface area (Å²) in [6.45, 7) is 2.14. The number of carbonyl (C=O) groups is 2. The van der Waals surface area contributed by atoms with Gasteiger partial charge in [0, 0.05) is 36.1 Å². The number of benzene rings is 1. The van der Waals surface area contributed by atoms with Crippen LogP contribution in [0.25, 0.3) is 10.2 Å². The lowest BCUT2D eigenvalue weighted by Crippen LogP contribution is -2.27. The summed E-state index contributed by atoms with van der Waals surface area (Å²) in [7, 11) is 0. The SMILES string of the molecule is CCCC#CCCSc1nc2ccc(NC(=O)C3C4CC5C(C4=O)C53)cc2s1. The maximum Gasteiger partial charge on any atom is 0.228 e. The molecule has 5 atom stereocenters. The Bertz CT molecular complexity index is 1020. The highest BCUT2D eigenvalue weighted by molar-refractivity contribution is 8.01. The van der Waals surface area contributed by atoms with E-state index >= 15 is 0 Å². The second kappa shape index (κ2) is 7.20. The molecule has 1 N–H and O–H groups in total. The van der Waals surface area contributed by atoms with Gasteiger partial charge in [0.2, 0.25) is 5.91 Å². The van der Waals surface area contributed by atoms with Crippen molar-refractivity contribution in [3.05, 3.63) is 18.2 Å². The van der Waals surface area contributed by atoms with Crippen LogP contribution in [0.1, 0.15) is 32.6 Å². The van der Waals surface area contributed by atoms with E-state index in [4.69, 9.17) is 0 Å². The van der Waals surface area contributed by atoms with Crippen molar-refractivity contribution in [2.45, 2.75) is 36.9 Å². The third-order valence-corrected chi connectivity index (χ3v) is 8.35. The molecule has 1 aromatic heterocycles. The van der Waals surface area contributed by atoms with Gasteiger partial charge >= 0.3 is 0 Å². The molecule has 4 nitrogen and oxygen atoms in total. The van der Waals surface area contributed by atoms with Crippen LogP contribution in [0.4, 0.5) is 5.69 Å². The van der Waals surface area contributed by atoms with Crippen LogP contribution in [0.15, 0.2) is 22.5 Å². The molecule has 0 saturated heterocycles. The second-order valence-electron chi connectivity index (χ2n) is 7.89. The molecule has 5 unspecified atom stereocenters. The lowest BCUT2D eigenvalue weighted by molar-refractivity contribution is -0.126. The third-order valence-electron chi connectivity index (χ3n) is 6.19. The van der Waals surface area contributed by atoms with Gasteiger partial charge in [-0.05, 0) is 42.9 Å². The van der Waals surface area contributed by atoms with Gasteiger partial charge in [-0.2, -0.15) is 0 Å². The van der Waals surface area contributed by atoms with Crippen LogP contribution in [0.3, 0.4) is 0 Å². The number of nitrogens with zero attached hydrogens (tertiary/aromatic N) is 1. The molecule has 1 amide bonds. The van der Waals surface area contributed by atoms with E-state index in [0.717, 1.165) is 51.7 Å². The summed E-state index contributed by atoms with van der Waals surface area (Å²) < 4.78 is 2.12. The molecule has 6 rings (SSSR count). The third kappa shape index (κ3) is 3.05. The van der Waals surface area contributed by atoms with Crippen LogP contribution in [0.2, 0.25) is 0 Å². The number of aromatic nitrogens is 1. The first-order valence-corrected chi connectivity index (χ1v) is 11.8. The van der Waals surface area contributed by atoms with Crippen molar-refractivity contribution >= 4 is 50.7 Å². The van der Waals surface area contributed by atoms with E-state index in [-0.39, 0.29) is 23.7 Å². The predicted octanol–water partition coefficient (Wildman–Crippen LogP) is 4.60. The first-order valence-electron chi connectivity index (χ1n) is 10.0. The first kappa shape index (κ1) is 18.2. The highest BCUT2D eigenvalue weighted by atomic mass is 32.2. The van der Waals surface area contributed by atoms with Crippen LogP contribution in [-0.4, -0.2) is 22.4 Å². The maximum atomic E-state index is 12.7. The Hall–Kier alpha value is -1.84. The van der Waals surface area contributed by atoms with E-state index in [2.05, 4.69) is 29.1 Å². The van der Waals surface area contributed by atoms with Crippen LogP contribution in [0.5, 0.6) is 0 Å². The number of rotatable bonds is 6. The fourth-order valence-corrected chi connectivity index (χ4v) is 6.99. The fraction of sp³-hybridized carbons (Fsp3) is 0.500. The van der Waals surface area contributed by atoms with Gasteiger partial charge in [0.25, 0.3) is 0 Å². The van der Waals surface area contributed by atoms with Crippen molar-refractivity contribution in [1.82, 2.24) is 4.98 Å². The Morgan fingerprint density at radius 2 is 2.21 bits per heavy atom. The van der Waals surface area contributed by atoms with Crippen LogP contribution in [0, 0.1) is 41.4 Å². The van der Waals surface area contributed by atoms with E-state index in [1.807, 2.05) is 18.2 Å². The van der Waals surface area contributed by atoms with Gasteiger partial charge in [-0.15, -0.1) is 23.2 Å². The number of amides is 1. The summed E-state index contributed by atoms with van der Waals surface area (Å²) in [6, 6.07) is 5.88. The molecule has 4 fully saturated rings. The molecule has 28 heavy (non-hydrogen) atoms. The molecule has 0 radical (unpaired) electrons. The molecule has 144 valence electrons. The zero-order chi connectivity index (χ0) is 19.3. The Labute approximate surface area is 172 Å². The van der Waals surface area contributed by atoms with Gasteiger partial charge in [-0.3, -0.25) is 9.59 Å².